The SMILES string of the molecule is Cc1nc(C)c(CC(=O)NCC(c2ccccc2)N2CCc3sccc3C2)c(=O)[nH]1. The molecular weight excluding hydrogens is 396 g/mol. The lowest BCUT2D eigenvalue weighted by Crippen LogP contribution is -2.41. The molecule has 1 aliphatic rings. The van der Waals surface area contributed by atoms with Crippen LogP contribution in [0.4, 0.5) is 0 Å². The van der Waals surface area contributed by atoms with Gasteiger partial charge in [-0.05, 0) is 42.8 Å². The Morgan fingerprint density at radius 1 is 1.27 bits per heavy atom. The highest BCUT2D eigenvalue weighted by Crippen LogP contribution is 2.30. The molecule has 3 heterocycles. The van der Waals surface area contributed by atoms with E-state index in [4.69, 9.17) is 0 Å². The van der Waals surface area contributed by atoms with Crippen LogP contribution in [0.3, 0.4) is 0 Å². The van der Waals surface area contributed by atoms with Crippen molar-refractivity contribution < 1.29 is 4.79 Å². The van der Waals surface area contributed by atoms with Crippen LogP contribution in [-0.4, -0.2) is 33.9 Å². The van der Waals surface area contributed by atoms with E-state index in [1.807, 2.05) is 29.5 Å². The van der Waals surface area contributed by atoms with Crippen LogP contribution in [0, 0.1) is 13.8 Å². The molecule has 0 spiro atoms. The van der Waals surface area contributed by atoms with E-state index in [0.29, 0.717) is 23.6 Å². The van der Waals surface area contributed by atoms with Gasteiger partial charge in [0, 0.05) is 35.8 Å². The summed E-state index contributed by atoms with van der Waals surface area (Å²) in [6, 6.07) is 12.6. The molecule has 0 saturated carbocycles. The summed E-state index contributed by atoms with van der Waals surface area (Å²) in [5.74, 6) is 0.395. The Morgan fingerprint density at radius 2 is 2.07 bits per heavy atom. The lowest BCUT2D eigenvalue weighted by Gasteiger charge is -2.35. The molecule has 0 aliphatic carbocycles. The maximum Gasteiger partial charge on any atom is 0.254 e. The molecule has 1 aliphatic heterocycles. The van der Waals surface area contributed by atoms with Crippen molar-refractivity contribution in [2.24, 2.45) is 0 Å². The third-order valence-electron chi connectivity index (χ3n) is 5.63. The third-order valence-corrected chi connectivity index (χ3v) is 6.66. The van der Waals surface area contributed by atoms with Crippen molar-refractivity contribution in [1.82, 2.24) is 20.2 Å². The Labute approximate surface area is 180 Å². The zero-order valence-electron chi connectivity index (χ0n) is 17.3. The number of H-pyrrole nitrogens is 1. The molecular formula is C23H26N4O2S. The van der Waals surface area contributed by atoms with E-state index in [1.165, 1.54) is 16.0 Å². The first-order valence-corrected chi connectivity index (χ1v) is 11.1. The summed E-state index contributed by atoms with van der Waals surface area (Å²) in [5.41, 5.74) is 3.35. The third kappa shape index (κ3) is 4.52. The Morgan fingerprint density at radius 3 is 2.83 bits per heavy atom. The van der Waals surface area contributed by atoms with E-state index >= 15 is 0 Å². The predicted octanol–water partition coefficient (Wildman–Crippen LogP) is 2.91. The van der Waals surface area contributed by atoms with E-state index in [1.54, 1.807) is 13.8 Å². The number of nitrogens with one attached hydrogen (secondary N) is 2. The summed E-state index contributed by atoms with van der Waals surface area (Å²) < 4.78 is 0. The predicted molar refractivity (Wildman–Crippen MR) is 119 cm³/mol. The number of hydrogen-bond donors (Lipinski definition) is 2. The van der Waals surface area contributed by atoms with Crippen LogP contribution < -0.4 is 10.9 Å². The summed E-state index contributed by atoms with van der Waals surface area (Å²) in [7, 11) is 0. The maximum absolute atomic E-state index is 12.7. The zero-order valence-corrected chi connectivity index (χ0v) is 18.1. The summed E-state index contributed by atoms with van der Waals surface area (Å²) in [6.45, 7) is 5.85. The van der Waals surface area contributed by atoms with Gasteiger partial charge in [-0.3, -0.25) is 14.5 Å². The lowest BCUT2D eigenvalue weighted by molar-refractivity contribution is -0.120. The van der Waals surface area contributed by atoms with Gasteiger partial charge in [0.25, 0.3) is 5.56 Å². The smallest absolute Gasteiger partial charge is 0.254 e. The van der Waals surface area contributed by atoms with Gasteiger partial charge in [0.15, 0.2) is 0 Å². The molecule has 1 unspecified atom stereocenters. The second kappa shape index (κ2) is 8.93. The molecule has 7 heteroatoms. The standard InChI is InChI=1S/C23H26N4O2S/c1-15-19(23(29)26-16(2)25-15)12-22(28)24-13-20(17-6-4-3-5-7-17)27-10-8-21-18(14-27)9-11-30-21/h3-7,9,11,20H,8,10,12-14H2,1-2H3,(H,24,28)(H,25,26,29). The van der Waals surface area contributed by atoms with E-state index in [0.717, 1.165) is 19.5 Å². The van der Waals surface area contributed by atoms with Gasteiger partial charge in [-0.2, -0.15) is 0 Å². The van der Waals surface area contributed by atoms with E-state index in [-0.39, 0.29) is 23.9 Å². The highest BCUT2D eigenvalue weighted by Gasteiger charge is 2.26. The summed E-state index contributed by atoms with van der Waals surface area (Å²) in [4.78, 5) is 35.7. The van der Waals surface area contributed by atoms with Gasteiger partial charge in [0.05, 0.1) is 12.5 Å². The Bertz CT molecular complexity index is 1090. The summed E-state index contributed by atoms with van der Waals surface area (Å²) in [5, 5.41) is 5.21. The van der Waals surface area contributed by atoms with Gasteiger partial charge in [-0.15, -0.1) is 11.3 Å². The number of amides is 1. The topological polar surface area (TPSA) is 78.1 Å². The Kier molecular flexibility index (Phi) is 6.11. The number of benzene rings is 1. The maximum atomic E-state index is 12.7. The molecule has 6 nitrogen and oxygen atoms in total. The monoisotopic (exact) mass is 422 g/mol. The minimum atomic E-state index is -0.240. The van der Waals surface area contributed by atoms with Crippen LogP contribution in [0.5, 0.6) is 0 Å². The zero-order chi connectivity index (χ0) is 21.1. The normalized spacial score (nSPS) is 14.9. The summed E-state index contributed by atoms with van der Waals surface area (Å²) >= 11 is 1.82. The largest absolute Gasteiger partial charge is 0.354 e. The number of hydrogen-bond acceptors (Lipinski definition) is 5. The first kappa shape index (κ1) is 20.5. The molecule has 30 heavy (non-hydrogen) atoms. The molecule has 0 fully saturated rings. The Hall–Kier alpha value is -2.77. The molecule has 0 radical (unpaired) electrons. The first-order chi connectivity index (χ1) is 14.5. The highest BCUT2D eigenvalue weighted by atomic mass is 32.1. The van der Waals surface area contributed by atoms with Crippen LogP contribution in [0.2, 0.25) is 0 Å². The number of nitrogens with zero attached hydrogens (tertiary/aromatic N) is 2. The van der Waals surface area contributed by atoms with E-state index < -0.39 is 0 Å². The number of rotatable bonds is 6. The van der Waals surface area contributed by atoms with Crippen molar-refractivity contribution in [3.63, 3.8) is 0 Å². The number of carbonyl (C=O) groups excluding carboxylic acids is 1. The van der Waals surface area contributed by atoms with Gasteiger partial charge in [-0.25, -0.2) is 4.98 Å². The molecule has 1 atom stereocenters. The quantitative estimate of drug-likeness (QED) is 0.640. The molecule has 3 aromatic rings. The van der Waals surface area contributed by atoms with Gasteiger partial charge >= 0.3 is 0 Å². The van der Waals surface area contributed by atoms with Gasteiger partial charge in [0.2, 0.25) is 5.91 Å². The molecule has 156 valence electrons. The average molecular weight is 423 g/mol. The van der Waals surface area contributed by atoms with Crippen molar-refractivity contribution in [3.8, 4) is 0 Å². The Balaban J connectivity index is 1.48. The van der Waals surface area contributed by atoms with Crippen LogP contribution >= 0.6 is 11.3 Å². The van der Waals surface area contributed by atoms with Crippen LogP contribution in [0.25, 0.3) is 0 Å². The van der Waals surface area contributed by atoms with E-state index in [2.05, 4.69) is 43.8 Å². The molecule has 0 bridgehead atoms. The summed E-state index contributed by atoms with van der Waals surface area (Å²) in [6.07, 6.45) is 1.07. The number of aromatic amines is 1. The van der Waals surface area contributed by atoms with Gasteiger partial charge in [-0.1, -0.05) is 30.3 Å². The fourth-order valence-electron chi connectivity index (χ4n) is 4.06. The lowest BCUT2D eigenvalue weighted by atomic mass is 10.0. The van der Waals surface area contributed by atoms with Crippen molar-refractivity contribution in [1.29, 1.82) is 0 Å². The first-order valence-electron chi connectivity index (χ1n) is 10.2. The van der Waals surface area contributed by atoms with E-state index in [9.17, 15) is 9.59 Å². The van der Waals surface area contributed by atoms with Crippen molar-refractivity contribution in [2.75, 3.05) is 13.1 Å². The van der Waals surface area contributed by atoms with Crippen molar-refractivity contribution in [3.05, 3.63) is 85.2 Å². The molecule has 1 amide bonds. The molecule has 2 N–H and O–H groups in total. The van der Waals surface area contributed by atoms with Crippen molar-refractivity contribution >= 4 is 17.2 Å². The number of thiophene rings is 1. The van der Waals surface area contributed by atoms with Crippen LogP contribution in [0.1, 0.15) is 39.1 Å². The van der Waals surface area contributed by atoms with Gasteiger partial charge < -0.3 is 10.3 Å². The van der Waals surface area contributed by atoms with Crippen molar-refractivity contribution in [2.45, 2.75) is 39.3 Å². The molecule has 0 saturated heterocycles. The highest BCUT2D eigenvalue weighted by molar-refractivity contribution is 7.10. The second-order valence-electron chi connectivity index (χ2n) is 7.71. The average Bonchev–Trinajstić information content (AvgIpc) is 3.19. The second-order valence-corrected chi connectivity index (χ2v) is 8.71. The molecule has 2 aromatic heterocycles. The minimum absolute atomic E-state index is 0.0324. The fraction of sp³-hybridized carbons (Fsp3) is 0.348. The van der Waals surface area contributed by atoms with Crippen LogP contribution in [0.15, 0.2) is 46.6 Å². The number of fused-ring (bicyclic) bond motifs is 1. The minimum Gasteiger partial charge on any atom is -0.354 e. The molecule has 4 rings (SSSR count). The van der Waals surface area contributed by atoms with Crippen LogP contribution in [-0.2, 0) is 24.2 Å². The number of aromatic nitrogens is 2. The molecule has 1 aromatic carbocycles. The number of aryl methyl sites for hydroxylation is 2. The number of carbonyl (C=O) groups is 1. The fourth-order valence-corrected chi connectivity index (χ4v) is 4.95. The van der Waals surface area contributed by atoms with Gasteiger partial charge in [0.1, 0.15) is 5.82 Å².